The molecule has 1 aromatic rings. The number of imide groups is 1. The van der Waals surface area contributed by atoms with E-state index >= 15 is 0 Å². The lowest BCUT2D eigenvalue weighted by molar-refractivity contribution is -0.125. The van der Waals surface area contributed by atoms with Crippen molar-refractivity contribution in [1.29, 1.82) is 0 Å². The minimum atomic E-state index is -0.347. The van der Waals surface area contributed by atoms with Crippen LogP contribution in [0.25, 0.3) is 0 Å². The summed E-state index contributed by atoms with van der Waals surface area (Å²) in [5.41, 5.74) is 1.35. The number of urea groups is 1. The predicted octanol–water partition coefficient (Wildman–Crippen LogP) is 2.02. The average Bonchev–Trinajstić information content (AvgIpc) is 3.29. The van der Waals surface area contributed by atoms with Crippen LogP contribution in [0, 0.1) is 0 Å². The SMILES string of the molecule is C[C@H](C(=O)NC(=O)NC1CCCC1)N1CCN(Cc2ccsc2)CC1. The molecule has 1 aliphatic heterocycles. The second-order valence-corrected chi connectivity index (χ2v) is 7.84. The Kier molecular flexibility index (Phi) is 6.45. The first-order chi connectivity index (χ1) is 12.1. The Balaban J connectivity index is 1.39. The van der Waals surface area contributed by atoms with Crippen molar-refractivity contribution in [3.63, 3.8) is 0 Å². The summed E-state index contributed by atoms with van der Waals surface area (Å²) in [6.07, 6.45) is 4.35. The largest absolute Gasteiger partial charge is 0.335 e. The highest BCUT2D eigenvalue weighted by Crippen LogP contribution is 2.17. The van der Waals surface area contributed by atoms with Gasteiger partial charge in [-0.2, -0.15) is 11.3 Å². The molecule has 2 fully saturated rings. The van der Waals surface area contributed by atoms with Crippen molar-refractivity contribution in [3.05, 3.63) is 22.4 Å². The fourth-order valence-corrected chi connectivity index (χ4v) is 4.28. The maximum absolute atomic E-state index is 12.3. The standard InChI is InChI=1S/C18H28N4O2S/c1-14(17(23)20-18(24)19-16-4-2-3-5-16)22-9-7-21(8-10-22)12-15-6-11-25-13-15/h6,11,13-14,16H,2-5,7-10,12H2,1H3,(H2,19,20,23,24)/t14-/m1/s1. The van der Waals surface area contributed by atoms with Crippen LogP contribution in [0.5, 0.6) is 0 Å². The fourth-order valence-electron chi connectivity index (χ4n) is 3.62. The zero-order valence-electron chi connectivity index (χ0n) is 14.9. The van der Waals surface area contributed by atoms with E-state index in [1.54, 1.807) is 11.3 Å². The summed E-state index contributed by atoms with van der Waals surface area (Å²) in [7, 11) is 0. The van der Waals surface area contributed by atoms with Crippen LogP contribution in [0.1, 0.15) is 38.2 Å². The number of nitrogens with one attached hydrogen (secondary N) is 2. The molecule has 7 heteroatoms. The van der Waals surface area contributed by atoms with Gasteiger partial charge in [-0.15, -0.1) is 0 Å². The highest BCUT2D eigenvalue weighted by Gasteiger charge is 2.27. The molecule has 0 spiro atoms. The van der Waals surface area contributed by atoms with Crippen LogP contribution < -0.4 is 10.6 Å². The molecule has 2 aliphatic rings. The summed E-state index contributed by atoms with van der Waals surface area (Å²) in [6, 6.07) is 1.76. The molecule has 3 amide bonds. The van der Waals surface area contributed by atoms with Gasteiger partial charge in [0.2, 0.25) is 5.91 Å². The van der Waals surface area contributed by atoms with Crippen molar-refractivity contribution >= 4 is 23.3 Å². The summed E-state index contributed by atoms with van der Waals surface area (Å²) >= 11 is 1.73. The number of amides is 3. The minimum absolute atomic E-state index is 0.207. The lowest BCUT2D eigenvalue weighted by Crippen LogP contribution is -2.55. The van der Waals surface area contributed by atoms with E-state index in [-0.39, 0.29) is 24.0 Å². The molecule has 0 radical (unpaired) electrons. The molecule has 0 bridgehead atoms. The second kappa shape index (κ2) is 8.78. The van der Waals surface area contributed by atoms with E-state index in [9.17, 15) is 9.59 Å². The number of thiophene rings is 1. The van der Waals surface area contributed by atoms with Crippen molar-refractivity contribution in [2.45, 2.75) is 51.2 Å². The Morgan fingerprint density at radius 2 is 1.96 bits per heavy atom. The van der Waals surface area contributed by atoms with Gasteiger partial charge in [0.05, 0.1) is 6.04 Å². The van der Waals surface area contributed by atoms with Gasteiger partial charge in [-0.25, -0.2) is 4.79 Å². The van der Waals surface area contributed by atoms with E-state index in [0.29, 0.717) is 0 Å². The van der Waals surface area contributed by atoms with Crippen LogP contribution in [0.2, 0.25) is 0 Å². The van der Waals surface area contributed by atoms with E-state index in [2.05, 4.69) is 37.3 Å². The molecule has 1 saturated carbocycles. The Morgan fingerprint density at radius 3 is 2.60 bits per heavy atom. The summed E-state index contributed by atoms with van der Waals surface area (Å²) in [5, 5.41) is 9.70. The van der Waals surface area contributed by atoms with Gasteiger partial charge in [-0.05, 0) is 42.2 Å². The smallest absolute Gasteiger partial charge is 0.321 e. The van der Waals surface area contributed by atoms with Crippen molar-refractivity contribution in [1.82, 2.24) is 20.4 Å². The third kappa shape index (κ3) is 5.26. The monoisotopic (exact) mass is 364 g/mol. The molecule has 6 nitrogen and oxygen atoms in total. The molecular formula is C18H28N4O2S. The van der Waals surface area contributed by atoms with Gasteiger partial charge in [-0.3, -0.25) is 19.9 Å². The molecule has 1 atom stereocenters. The fraction of sp³-hybridized carbons (Fsp3) is 0.667. The van der Waals surface area contributed by atoms with Crippen molar-refractivity contribution in [2.75, 3.05) is 26.2 Å². The topological polar surface area (TPSA) is 64.7 Å². The zero-order chi connectivity index (χ0) is 17.6. The van der Waals surface area contributed by atoms with Gasteiger partial charge in [0.25, 0.3) is 0 Å². The average molecular weight is 365 g/mol. The minimum Gasteiger partial charge on any atom is -0.335 e. The summed E-state index contributed by atoms with van der Waals surface area (Å²) in [5.74, 6) is -0.207. The van der Waals surface area contributed by atoms with E-state index in [0.717, 1.165) is 58.4 Å². The number of hydrogen-bond acceptors (Lipinski definition) is 5. The molecule has 2 heterocycles. The molecule has 138 valence electrons. The number of carbonyl (C=O) groups is 2. The number of piperazine rings is 1. The van der Waals surface area contributed by atoms with E-state index in [1.165, 1.54) is 5.56 Å². The van der Waals surface area contributed by atoms with Gasteiger partial charge in [0, 0.05) is 38.8 Å². The van der Waals surface area contributed by atoms with Gasteiger partial charge < -0.3 is 5.32 Å². The summed E-state index contributed by atoms with van der Waals surface area (Å²) in [6.45, 7) is 6.45. The van der Waals surface area contributed by atoms with Gasteiger partial charge in [0.15, 0.2) is 0 Å². The van der Waals surface area contributed by atoms with Crippen LogP contribution in [0.3, 0.4) is 0 Å². The summed E-state index contributed by atoms with van der Waals surface area (Å²) in [4.78, 5) is 28.9. The third-order valence-electron chi connectivity index (χ3n) is 5.25. The Labute approximate surface area is 153 Å². The van der Waals surface area contributed by atoms with Crippen molar-refractivity contribution in [3.8, 4) is 0 Å². The van der Waals surface area contributed by atoms with Crippen LogP contribution in [-0.2, 0) is 11.3 Å². The molecular weight excluding hydrogens is 336 g/mol. The lowest BCUT2D eigenvalue weighted by atomic mass is 10.2. The quantitative estimate of drug-likeness (QED) is 0.839. The van der Waals surface area contributed by atoms with E-state index in [4.69, 9.17) is 0 Å². The summed E-state index contributed by atoms with van der Waals surface area (Å²) < 4.78 is 0. The highest BCUT2D eigenvalue weighted by atomic mass is 32.1. The normalized spacial score (nSPS) is 21.2. The van der Waals surface area contributed by atoms with Crippen molar-refractivity contribution in [2.24, 2.45) is 0 Å². The number of rotatable bonds is 5. The first kappa shape index (κ1) is 18.4. The molecule has 1 aliphatic carbocycles. The molecule has 25 heavy (non-hydrogen) atoms. The van der Waals surface area contributed by atoms with Crippen LogP contribution in [-0.4, -0.2) is 60.0 Å². The lowest BCUT2D eigenvalue weighted by Gasteiger charge is -2.37. The molecule has 0 aromatic carbocycles. The molecule has 3 rings (SSSR count). The predicted molar refractivity (Wildman–Crippen MR) is 99.6 cm³/mol. The molecule has 2 N–H and O–H groups in total. The van der Waals surface area contributed by atoms with Gasteiger partial charge >= 0.3 is 6.03 Å². The molecule has 1 aromatic heterocycles. The van der Waals surface area contributed by atoms with Crippen LogP contribution in [0.15, 0.2) is 16.8 Å². The maximum atomic E-state index is 12.3. The van der Waals surface area contributed by atoms with Crippen molar-refractivity contribution < 1.29 is 9.59 Å². The van der Waals surface area contributed by atoms with E-state index < -0.39 is 0 Å². The maximum Gasteiger partial charge on any atom is 0.321 e. The third-order valence-corrected chi connectivity index (χ3v) is 5.98. The number of nitrogens with zero attached hydrogens (tertiary/aromatic N) is 2. The number of carbonyl (C=O) groups excluding carboxylic acids is 2. The first-order valence-electron chi connectivity index (χ1n) is 9.20. The van der Waals surface area contributed by atoms with E-state index in [1.807, 2.05) is 6.92 Å². The first-order valence-corrected chi connectivity index (χ1v) is 10.1. The Morgan fingerprint density at radius 1 is 1.24 bits per heavy atom. The zero-order valence-corrected chi connectivity index (χ0v) is 15.7. The van der Waals surface area contributed by atoms with Gasteiger partial charge in [-0.1, -0.05) is 12.8 Å². The van der Waals surface area contributed by atoms with Crippen LogP contribution >= 0.6 is 11.3 Å². The molecule has 1 saturated heterocycles. The number of hydrogen-bond donors (Lipinski definition) is 2. The van der Waals surface area contributed by atoms with Gasteiger partial charge in [0.1, 0.15) is 0 Å². The van der Waals surface area contributed by atoms with Crippen LogP contribution in [0.4, 0.5) is 4.79 Å². The second-order valence-electron chi connectivity index (χ2n) is 7.06. The highest BCUT2D eigenvalue weighted by molar-refractivity contribution is 7.07. The molecule has 0 unspecified atom stereocenters. The Bertz CT molecular complexity index is 564. The Hall–Kier alpha value is -1.44.